The van der Waals surface area contributed by atoms with E-state index in [0.29, 0.717) is 25.7 Å². The number of hydrogen-bond acceptors (Lipinski definition) is 5. The third-order valence-corrected chi connectivity index (χ3v) is 7.46. The summed E-state index contributed by atoms with van der Waals surface area (Å²) in [5.74, 6) is 0.0394. The average molecular weight is 408 g/mol. The number of sulfone groups is 1. The third kappa shape index (κ3) is 5.11. The van der Waals surface area contributed by atoms with Crippen LogP contribution in [-0.2, 0) is 25.9 Å². The van der Waals surface area contributed by atoms with Gasteiger partial charge in [-0.1, -0.05) is 25.0 Å². The van der Waals surface area contributed by atoms with Gasteiger partial charge in [0.2, 0.25) is 11.9 Å². The molecule has 1 saturated carbocycles. The second-order valence-electron chi connectivity index (χ2n) is 7.20. The number of imidazole rings is 1. The quantitative estimate of drug-likeness (QED) is 0.611. The van der Waals surface area contributed by atoms with Crippen molar-refractivity contribution in [1.29, 1.82) is 0 Å². The number of nitrogens with one attached hydrogen (secondary N) is 1. The van der Waals surface area contributed by atoms with Gasteiger partial charge in [0.1, 0.15) is 0 Å². The Balaban J connectivity index is 1.66. The van der Waals surface area contributed by atoms with Gasteiger partial charge in [0.15, 0.2) is 9.84 Å². The molecule has 0 aliphatic heterocycles. The highest BCUT2D eigenvalue weighted by atomic mass is 32.2. The molecule has 2 aromatic rings. The van der Waals surface area contributed by atoms with Gasteiger partial charge >= 0.3 is 0 Å². The van der Waals surface area contributed by atoms with Crippen molar-refractivity contribution < 1.29 is 17.9 Å². The number of amides is 1. The van der Waals surface area contributed by atoms with Crippen LogP contribution in [0, 0.1) is 0 Å². The molecule has 7 nitrogen and oxygen atoms in total. The SMILES string of the molecule is CCOCCCn1c(NC(=O)CCS(=O)(=O)C2CCCC2)nc2ccccc21. The summed E-state index contributed by atoms with van der Waals surface area (Å²) in [5, 5.41) is 2.54. The molecule has 1 aliphatic carbocycles. The Kier molecular flexibility index (Phi) is 7.07. The van der Waals surface area contributed by atoms with Crippen LogP contribution in [0.25, 0.3) is 11.0 Å². The summed E-state index contributed by atoms with van der Waals surface area (Å²) >= 11 is 0. The van der Waals surface area contributed by atoms with E-state index in [1.54, 1.807) is 0 Å². The fourth-order valence-electron chi connectivity index (χ4n) is 3.70. The molecule has 1 amide bonds. The van der Waals surface area contributed by atoms with Crippen molar-refractivity contribution in [3.8, 4) is 0 Å². The highest BCUT2D eigenvalue weighted by Crippen LogP contribution is 2.26. The maximum absolute atomic E-state index is 12.4. The van der Waals surface area contributed by atoms with E-state index in [9.17, 15) is 13.2 Å². The van der Waals surface area contributed by atoms with E-state index in [1.807, 2.05) is 35.8 Å². The van der Waals surface area contributed by atoms with Gasteiger partial charge in [0, 0.05) is 26.2 Å². The monoisotopic (exact) mass is 407 g/mol. The maximum atomic E-state index is 12.4. The first-order valence-electron chi connectivity index (χ1n) is 10.1. The first kappa shape index (κ1) is 20.8. The summed E-state index contributed by atoms with van der Waals surface area (Å²) < 4.78 is 32.1. The topological polar surface area (TPSA) is 90.3 Å². The molecule has 0 saturated heterocycles. The molecule has 8 heteroatoms. The van der Waals surface area contributed by atoms with Crippen molar-refractivity contribution in [2.24, 2.45) is 0 Å². The van der Waals surface area contributed by atoms with E-state index in [-0.39, 0.29) is 23.3 Å². The highest BCUT2D eigenvalue weighted by molar-refractivity contribution is 7.92. The van der Waals surface area contributed by atoms with Gasteiger partial charge in [-0.15, -0.1) is 0 Å². The molecule has 28 heavy (non-hydrogen) atoms. The minimum Gasteiger partial charge on any atom is -0.382 e. The molecule has 0 spiro atoms. The van der Waals surface area contributed by atoms with E-state index >= 15 is 0 Å². The number of nitrogens with zero attached hydrogens (tertiary/aromatic N) is 2. The molecule has 1 aromatic heterocycles. The molecule has 1 heterocycles. The standard InChI is InChI=1S/C20H29N3O4S/c1-2-27-14-7-13-23-18-11-6-5-10-17(18)21-20(23)22-19(24)12-15-28(25,26)16-8-3-4-9-16/h5-6,10-11,16H,2-4,7-9,12-15H2,1H3,(H,21,22,24). The molecule has 1 aromatic carbocycles. The highest BCUT2D eigenvalue weighted by Gasteiger charge is 2.29. The lowest BCUT2D eigenvalue weighted by Crippen LogP contribution is -2.25. The molecule has 0 bridgehead atoms. The predicted octanol–water partition coefficient (Wildman–Crippen LogP) is 3.15. The number of carbonyl (C=O) groups is 1. The Hall–Kier alpha value is -1.93. The van der Waals surface area contributed by atoms with Crippen LogP contribution in [0.5, 0.6) is 0 Å². The number of hydrogen-bond donors (Lipinski definition) is 1. The number of ether oxygens (including phenoxy) is 1. The number of carbonyl (C=O) groups excluding carboxylic acids is 1. The van der Waals surface area contributed by atoms with Crippen molar-refractivity contribution in [1.82, 2.24) is 9.55 Å². The molecule has 1 fully saturated rings. The van der Waals surface area contributed by atoms with Crippen LogP contribution in [0.1, 0.15) is 45.4 Å². The summed E-state index contributed by atoms with van der Waals surface area (Å²) in [6.07, 6.45) is 4.12. The zero-order valence-electron chi connectivity index (χ0n) is 16.4. The maximum Gasteiger partial charge on any atom is 0.227 e. The normalized spacial score (nSPS) is 15.3. The van der Waals surface area contributed by atoms with E-state index in [2.05, 4.69) is 10.3 Å². The van der Waals surface area contributed by atoms with Crippen molar-refractivity contribution in [3.05, 3.63) is 24.3 Å². The average Bonchev–Trinajstić information content (AvgIpc) is 3.33. The molecule has 0 radical (unpaired) electrons. The number of para-hydroxylation sites is 2. The van der Waals surface area contributed by atoms with E-state index < -0.39 is 9.84 Å². The summed E-state index contributed by atoms with van der Waals surface area (Å²) in [4.78, 5) is 16.9. The smallest absolute Gasteiger partial charge is 0.227 e. The second kappa shape index (κ2) is 9.52. The van der Waals surface area contributed by atoms with Gasteiger partial charge < -0.3 is 9.30 Å². The first-order valence-corrected chi connectivity index (χ1v) is 11.8. The Labute approximate surface area is 166 Å². The minimum atomic E-state index is -3.21. The van der Waals surface area contributed by atoms with Gasteiger partial charge in [-0.25, -0.2) is 13.4 Å². The van der Waals surface area contributed by atoms with Crippen LogP contribution in [0.15, 0.2) is 24.3 Å². The zero-order valence-corrected chi connectivity index (χ0v) is 17.2. The number of aromatic nitrogens is 2. The van der Waals surface area contributed by atoms with Gasteiger partial charge in [0.25, 0.3) is 0 Å². The van der Waals surface area contributed by atoms with Crippen LogP contribution in [0.4, 0.5) is 5.95 Å². The third-order valence-electron chi connectivity index (χ3n) is 5.20. The van der Waals surface area contributed by atoms with Crippen molar-refractivity contribution in [2.75, 3.05) is 24.3 Å². The molecule has 154 valence electrons. The Morgan fingerprint density at radius 1 is 1.29 bits per heavy atom. The molecule has 3 rings (SSSR count). The molecular formula is C20H29N3O4S. The summed E-state index contributed by atoms with van der Waals surface area (Å²) in [6, 6.07) is 7.69. The number of anilines is 1. The summed E-state index contributed by atoms with van der Waals surface area (Å²) in [5.41, 5.74) is 1.74. The largest absolute Gasteiger partial charge is 0.382 e. The van der Waals surface area contributed by atoms with Gasteiger partial charge in [-0.3, -0.25) is 10.1 Å². The lowest BCUT2D eigenvalue weighted by Gasteiger charge is -2.12. The van der Waals surface area contributed by atoms with Crippen molar-refractivity contribution in [3.63, 3.8) is 0 Å². The molecule has 0 unspecified atom stereocenters. The number of aryl methyl sites for hydroxylation is 1. The number of fused-ring (bicyclic) bond motifs is 1. The lowest BCUT2D eigenvalue weighted by atomic mass is 10.3. The first-order chi connectivity index (χ1) is 13.5. The fraction of sp³-hybridized carbons (Fsp3) is 0.600. The van der Waals surface area contributed by atoms with Gasteiger partial charge in [-0.2, -0.15) is 0 Å². The minimum absolute atomic E-state index is 0.0407. The Bertz CT molecular complexity index is 901. The fourth-order valence-corrected chi connectivity index (χ4v) is 5.56. The van der Waals surface area contributed by atoms with E-state index in [1.165, 1.54) is 0 Å². The lowest BCUT2D eigenvalue weighted by molar-refractivity contribution is -0.115. The van der Waals surface area contributed by atoms with Gasteiger partial charge in [0.05, 0.1) is 22.0 Å². The Morgan fingerprint density at radius 2 is 2.04 bits per heavy atom. The predicted molar refractivity (Wildman–Crippen MR) is 110 cm³/mol. The van der Waals surface area contributed by atoms with Gasteiger partial charge in [-0.05, 0) is 38.3 Å². The Morgan fingerprint density at radius 3 is 2.79 bits per heavy atom. The number of benzene rings is 1. The van der Waals surface area contributed by atoms with Crippen LogP contribution < -0.4 is 5.32 Å². The van der Waals surface area contributed by atoms with Crippen molar-refractivity contribution >= 4 is 32.7 Å². The second-order valence-corrected chi connectivity index (χ2v) is 9.60. The number of rotatable bonds is 10. The summed E-state index contributed by atoms with van der Waals surface area (Å²) in [7, 11) is -3.21. The summed E-state index contributed by atoms with van der Waals surface area (Å²) in [6.45, 7) is 3.92. The molecule has 0 atom stereocenters. The van der Waals surface area contributed by atoms with Crippen LogP contribution in [0.3, 0.4) is 0 Å². The van der Waals surface area contributed by atoms with Crippen LogP contribution >= 0.6 is 0 Å². The molecule has 1 N–H and O–H groups in total. The molecule has 1 aliphatic rings. The van der Waals surface area contributed by atoms with Crippen LogP contribution in [-0.4, -0.2) is 48.1 Å². The van der Waals surface area contributed by atoms with Crippen molar-refractivity contribution in [2.45, 2.75) is 57.2 Å². The zero-order chi connectivity index (χ0) is 20.0. The van der Waals surface area contributed by atoms with Crippen LogP contribution in [0.2, 0.25) is 0 Å². The van der Waals surface area contributed by atoms with E-state index in [0.717, 1.165) is 43.1 Å². The molecular weight excluding hydrogens is 378 g/mol. The van der Waals surface area contributed by atoms with E-state index in [4.69, 9.17) is 4.74 Å².